The summed E-state index contributed by atoms with van der Waals surface area (Å²) in [6.07, 6.45) is 3.16. The van der Waals surface area contributed by atoms with Crippen LogP contribution in [-0.2, 0) is 0 Å². The van der Waals surface area contributed by atoms with Gasteiger partial charge in [0.25, 0.3) is 5.56 Å². The normalized spacial score (nSPS) is 11.0. The largest absolute Gasteiger partial charge is 0.278 e. The molecule has 9 nitrogen and oxygen atoms in total. The van der Waals surface area contributed by atoms with Crippen molar-refractivity contribution >= 4 is 41.7 Å². The Morgan fingerprint density at radius 3 is 2.56 bits per heavy atom. The number of halogens is 1. The van der Waals surface area contributed by atoms with Crippen molar-refractivity contribution in [1.82, 2.24) is 29.6 Å². The number of benzene rings is 2. The van der Waals surface area contributed by atoms with E-state index in [2.05, 4.69) is 31.0 Å². The molecule has 0 aliphatic rings. The van der Waals surface area contributed by atoms with Gasteiger partial charge in [-0.3, -0.25) is 14.6 Å². The fraction of sp³-hybridized carbons (Fsp3) is 0.0435. The number of aromatic nitrogens is 6. The highest BCUT2D eigenvalue weighted by Gasteiger charge is 2.17. The minimum Gasteiger partial charge on any atom is -0.278 e. The summed E-state index contributed by atoms with van der Waals surface area (Å²) < 4.78 is 3.09. The van der Waals surface area contributed by atoms with Gasteiger partial charge in [0.1, 0.15) is 10.7 Å². The number of para-hydroxylation sites is 1. The van der Waals surface area contributed by atoms with E-state index in [9.17, 15) is 4.79 Å². The van der Waals surface area contributed by atoms with Crippen LogP contribution in [0.5, 0.6) is 0 Å². The molecule has 0 unspecified atom stereocenters. The van der Waals surface area contributed by atoms with Gasteiger partial charge in [0, 0.05) is 6.20 Å². The minimum atomic E-state index is -0.240. The number of tetrazole rings is 1. The van der Waals surface area contributed by atoms with Gasteiger partial charge in [0.05, 0.1) is 23.2 Å². The van der Waals surface area contributed by atoms with Gasteiger partial charge in [-0.15, -0.1) is 17.5 Å². The molecule has 11 heteroatoms. The van der Waals surface area contributed by atoms with Crippen LogP contribution in [0.1, 0.15) is 11.1 Å². The molecule has 170 valence electrons. The van der Waals surface area contributed by atoms with Gasteiger partial charge in [0.15, 0.2) is 0 Å². The first kappa shape index (κ1) is 23.1. The molecule has 0 aliphatic heterocycles. The Kier molecular flexibility index (Phi) is 7.00. The minimum absolute atomic E-state index is 0. The number of nitrogens with zero attached hydrogens (tertiary/aromatic N) is 7. The first-order valence-electron chi connectivity index (χ1n) is 10.1. The second-order valence-electron chi connectivity index (χ2n) is 7.11. The number of hydrazone groups is 1. The molecule has 2 aromatic carbocycles. The maximum Gasteiger partial charge on any atom is 0.267 e. The molecule has 0 atom stereocenters. The van der Waals surface area contributed by atoms with Crippen LogP contribution < -0.4 is 11.0 Å². The lowest BCUT2D eigenvalue weighted by Gasteiger charge is -2.08. The second-order valence-corrected chi connectivity index (χ2v) is 8.07. The first-order valence-corrected chi connectivity index (χ1v) is 10.9. The number of anilines is 1. The van der Waals surface area contributed by atoms with E-state index in [0.29, 0.717) is 21.4 Å². The van der Waals surface area contributed by atoms with Crippen LogP contribution in [0.25, 0.3) is 11.3 Å². The third-order valence-electron chi connectivity index (χ3n) is 4.80. The van der Waals surface area contributed by atoms with Crippen LogP contribution in [-0.4, -0.2) is 35.8 Å². The van der Waals surface area contributed by atoms with Crippen LogP contribution in [0.4, 0.5) is 5.69 Å². The Morgan fingerprint density at radius 1 is 1.00 bits per heavy atom. The van der Waals surface area contributed by atoms with Gasteiger partial charge in [-0.2, -0.15) is 9.78 Å². The first-order chi connectivity index (χ1) is 16.2. The quantitative estimate of drug-likeness (QED) is 0.218. The molecule has 3 heterocycles. The molecule has 0 saturated heterocycles. The molecular weight excluding hydrogens is 472 g/mol. The highest BCUT2D eigenvalue weighted by atomic mass is 35.5. The fourth-order valence-corrected chi connectivity index (χ4v) is 4.00. The number of hydrogen-bond acceptors (Lipinski definition) is 8. The van der Waals surface area contributed by atoms with E-state index in [0.717, 1.165) is 16.9 Å². The van der Waals surface area contributed by atoms with Crippen molar-refractivity contribution in [2.75, 3.05) is 5.43 Å². The van der Waals surface area contributed by atoms with Crippen LogP contribution in [0.3, 0.4) is 0 Å². The van der Waals surface area contributed by atoms with Gasteiger partial charge in [-0.1, -0.05) is 42.0 Å². The molecule has 34 heavy (non-hydrogen) atoms. The Bertz CT molecular complexity index is 1500. The zero-order valence-electron chi connectivity index (χ0n) is 17.9. The molecule has 0 spiro atoms. The van der Waals surface area contributed by atoms with E-state index in [1.807, 2.05) is 67.6 Å². The van der Waals surface area contributed by atoms with Gasteiger partial charge < -0.3 is 0 Å². The van der Waals surface area contributed by atoms with E-state index >= 15 is 0 Å². The molecule has 0 aliphatic carbocycles. The van der Waals surface area contributed by atoms with E-state index < -0.39 is 0 Å². The lowest BCUT2D eigenvalue weighted by atomic mass is 10.2. The summed E-state index contributed by atoms with van der Waals surface area (Å²) in [7, 11) is 0. The van der Waals surface area contributed by atoms with E-state index in [4.69, 9.17) is 0 Å². The number of rotatable bonds is 6. The summed E-state index contributed by atoms with van der Waals surface area (Å²) in [5.74, 6) is 0. The fourth-order valence-electron chi connectivity index (χ4n) is 3.13. The van der Waals surface area contributed by atoms with Crippen molar-refractivity contribution in [3.8, 4) is 5.69 Å². The molecular formula is C23H19ClN8OS. The van der Waals surface area contributed by atoms with Gasteiger partial charge in [-0.05, 0) is 65.5 Å². The van der Waals surface area contributed by atoms with Crippen molar-refractivity contribution in [1.29, 1.82) is 0 Å². The molecule has 0 fully saturated rings. The van der Waals surface area contributed by atoms with Crippen LogP contribution in [0, 0.1) is 6.92 Å². The van der Waals surface area contributed by atoms with Crippen LogP contribution in [0.2, 0.25) is 0 Å². The molecule has 5 aromatic rings. The van der Waals surface area contributed by atoms with Gasteiger partial charge in [-0.25, -0.2) is 4.98 Å². The van der Waals surface area contributed by atoms with Crippen molar-refractivity contribution < 1.29 is 0 Å². The number of fused-ring (bicyclic) bond motifs is 1. The van der Waals surface area contributed by atoms with Gasteiger partial charge >= 0.3 is 0 Å². The summed E-state index contributed by atoms with van der Waals surface area (Å²) in [5, 5.41) is 17.2. The topological polar surface area (TPSA) is 102 Å². The number of hydrogen-bond donors (Lipinski definition) is 1. The predicted octanol–water partition coefficient (Wildman–Crippen LogP) is 4.00. The van der Waals surface area contributed by atoms with Crippen LogP contribution >= 0.6 is 24.2 Å². The number of aryl methyl sites for hydroxylation is 1. The monoisotopic (exact) mass is 490 g/mol. The van der Waals surface area contributed by atoms with Crippen molar-refractivity contribution in [3.63, 3.8) is 0 Å². The van der Waals surface area contributed by atoms with Gasteiger partial charge in [0.2, 0.25) is 5.16 Å². The molecule has 0 bridgehead atoms. The average molecular weight is 491 g/mol. The Hall–Kier alpha value is -4.02. The molecule has 0 saturated carbocycles. The zero-order chi connectivity index (χ0) is 22.6. The summed E-state index contributed by atoms with van der Waals surface area (Å²) in [4.78, 5) is 17.9. The maximum atomic E-state index is 13.3. The SMILES string of the molecule is Cc1ccc(N/N=C/c2c(Sc3nnnn3-c3ccccc3)nc3ccccn3c2=O)cc1.Cl. The smallest absolute Gasteiger partial charge is 0.267 e. The summed E-state index contributed by atoms with van der Waals surface area (Å²) in [6, 6.07) is 22.7. The third-order valence-corrected chi connectivity index (χ3v) is 5.74. The average Bonchev–Trinajstić information content (AvgIpc) is 3.31. The number of pyridine rings is 1. The molecule has 0 radical (unpaired) electrons. The summed E-state index contributed by atoms with van der Waals surface area (Å²) in [6.45, 7) is 2.02. The predicted molar refractivity (Wildman–Crippen MR) is 134 cm³/mol. The van der Waals surface area contributed by atoms with E-state index in [1.165, 1.54) is 22.4 Å². The maximum absolute atomic E-state index is 13.3. The second kappa shape index (κ2) is 10.3. The molecule has 5 rings (SSSR count). The lowest BCUT2D eigenvalue weighted by molar-refractivity contribution is 0.755. The Labute approximate surface area is 205 Å². The zero-order valence-corrected chi connectivity index (χ0v) is 19.6. The third kappa shape index (κ3) is 4.82. The van der Waals surface area contributed by atoms with Crippen LogP contribution in [0.15, 0.2) is 99.1 Å². The molecule has 1 N–H and O–H groups in total. The number of nitrogens with one attached hydrogen (secondary N) is 1. The van der Waals surface area contributed by atoms with Crippen molar-refractivity contribution in [2.24, 2.45) is 5.10 Å². The van der Waals surface area contributed by atoms with Crippen molar-refractivity contribution in [2.45, 2.75) is 17.1 Å². The Balaban J connectivity index is 0.00000274. The highest BCUT2D eigenvalue weighted by molar-refractivity contribution is 7.99. The molecule has 0 amide bonds. The summed E-state index contributed by atoms with van der Waals surface area (Å²) >= 11 is 1.20. The lowest BCUT2D eigenvalue weighted by Crippen LogP contribution is -2.21. The van der Waals surface area contributed by atoms with E-state index in [1.54, 1.807) is 23.0 Å². The highest BCUT2D eigenvalue weighted by Crippen LogP contribution is 2.27. The summed E-state index contributed by atoms with van der Waals surface area (Å²) in [5.41, 5.74) is 6.33. The Morgan fingerprint density at radius 2 is 1.76 bits per heavy atom. The standard InChI is InChI=1S/C23H18N8OS.ClH/c1-16-10-12-17(13-11-16)26-24-15-19-21(25-20-9-5-6-14-30(20)22(19)32)33-23-27-28-29-31(23)18-7-3-2-4-8-18;/h2-15,26H,1H3;1H/b24-15+;. The molecule has 3 aromatic heterocycles. The van der Waals surface area contributed by atoms with Crippen molar-refractivity contribution in [3.05, 3.63) is 100 Å². The van der Waals surface area contributed by atoms with E-state index in [-0.39, 0.29) is 18.0 Å².